The van der Waals surface area contributed by atoms with Crippen LogP contribution in [0.25, 0.3) is 32.7 Å². The minimum atomic E-state index is 0.655. The summed E-state index contributed by atoms with van der Waals surface area (Å²) in [4.78, 5) is 4.47. The van der Waals surface area contributed by atoms with E-state index in [2.05, 4.69) is 149 Å². The smallest absolute Gasteiger partial charge is 0.0992 e. The molecule has 0 saturated heterocycles. The number of nitrogens with zero attached hydrogens (tertiary/aromatic N) is 3. The van der Waals surface area contributed by atoms with Crippen molar-refractivity contribution in [2.45, 2.75) is 0 Å². The van der Waals surface area contributed by atoms with Gasteiger partial charge >= 0.3 is 0 Å². The Morgan fingerprint density at radius 1 is 0.465 bits per heavy atom. The monoisotopic (exact) mass is 551 g/mol. The zero-order valence-electron chi connectivity index (χ0n) is 23.9. The number of anilines is 5. The van der Waals surface area contributed by atoms with E-state index in [1.165, 1.54) is 21.5 Å². The fourth-order valence-electron chi connectivity index (χ4n) is 5.83. The lowest BCUT2D eigenvalue weighted by molar-refractivity contribution is 1.21. The third kappa shape index (κ3) is 4.96. The lowest BCUT2D eigenvalue weighted by Crippen LogP contribution is -2.11. The molecule has 204 valence electrons. The average molecular weight is 552 g/mol. The van der Waals surface area contributed by atoms with Gasteiger partial charge in [0, 0.05) is 34.9 Å². The van der Waals surface area contributed by atoms with Crippen LogP contribution in [0.15, 0.2) is 158 Å². The Balaban J connectivity index is 1.27. The number of hydrogen-bond acceptors (Lipinski definition) is 3. The van der Waals surface area contributed by atoms with Gasteiger partial charge in [-0.1, -0.05) is 103 Å². The second-order valence-corrected chi connectivity index (χ2v) is 10.6. The molecule has 0 heterocycles. The molecule has 0 radical (unpaired) electrons. The number of nitriles is 1. The third-order valence-electron chi connectivity index (χ3n) is 8.09. The minimum absolute atomic E-state index is 0.655. The fourth-order valence-corrected chi connectivity index (χ4v) is 5.83. The molecule has 0 N–H and O–H groups in total. The van der Waals surface area contributed by atoms with Gasteiger partial charge in [-0.15, -0.1) is 0 Å². The third-order valence-corrected chi connectivity index (χ3v) is 8.09. The van der Waals surface area contributed by atoms with Crippen LogP contribution in [0.4, 0.5) is 28.4 Å². The zero-order chi connectivity index (χ0) is 29.2. The number of benzene rings is 7. The summed E-state index contributed by atoms with van der Waals surface area (Å²) in [5.41, 5.74) is 8.40. The maximum Gasteiger partial charge on any atom is 0.0992 e. The molecule has 7 rings (SSSR count). The van der Waals surface area contributed by atoms with Crippen molar-refractivity contribution in [1.82, 2.24) is 0 Å². The first-order valence-electron chi connectivity index (χ1n) is 14.4. The van der Waals surface area contributed by atoms with E-state index in [9.17, 15) is 5.26 Å². The van der Waals surface area contributed by atoms with Crippen LogP contribution in [0.3, 0.4) is 0 Å². The highest BCUT2D eigenvalue weighted by Gasteiger charge is 2.17. The van der Waals surface area contributed by atoms with Gasteiger partial charge in [-0.05, 0) is 76.5 Å². The molecule has 0 saturated carbocycles. The highest BCUT2D eigenvalue weighted by atomic mass is 15.1. The molecule has 3 heteroatoms. The molecule has 0 atom stereocenters. The van der Waals surface area contributed by atoms with Crippen LogP contribution in [0.1, 0.15) is 5.56 Å². The van der Waals surface area contributed by atoms with Gasteiger partial charge in [-0.25, -0.2) is 0 Å². The zero-order valence-corrected chi connectivity index (χ0v) is 23.9. The van der Waals surface area contributed by atoms with Crippen molar-refractivity contribution in [1.29, 1.82) is 5.26 Å². The summed E-state index contributed by atoms with van der Waals surface area (Å²) in [7, 11) is 2.02. The van der Waals surface area contributed by atoms with E-state index in [1.807, 2.05) is 31.3 Å². The molecule has 0 unspecified atom stereocenters. The quantitative estimate of drug-likeness (QED) is 0.206. The predicted octanol–water partition coefficient (Wildman–Crippen LogP) is 10.8. The van der Waals surface area contributed by atoms with Crippen molar-refractivity contribution < 1.29 is 0 Å². The Labute approximate surface area is 252 Å². The van der Waals surface area contributed by atoms with E-state index >= 15 is 0 Å². The molecule has 0 spiro atoms. The van der Waals surface area contributed by atoms with Gasteiger partial charge in [0.2, 0.25) is 0 Å². The van der Waals surface area contributed by atoms with Crippen LogP contribution in [0, 0.1) is 11.3 Å². The SMILES string of the molecule is CN(c1ccc(-c2ccc(N(c3cccc4ccccc34)c3cccc4ccccc34)cc2)cc1)c1cccc(C#N)c1. The van der Waals surface area contributed by atoms with Crippen molar-refractivity contribution >= 4 is 50.0 Å². The lowest BCUT2D eigenvalue weighted by atomic mass is 10.0. The van der Waals surface area contributed by atoms with Crippen molar-refractivity contribution in [3.05, 3.63) is 163 Å². The van der Waals surface area contributed by atoms with Gasteiger partial charge in [0.1, 0.15) is 0 Å². The molecular weight excluding hydrogens is 522 g/mol. The molecule has 0 fully saturated rings. The second-order valence-electron chi connectivity index (χ2n) is 10.6. The molecule has 7 aromatic carbocycles. The molecule has 43 heavy (non-hydrogen) atoms. The van der Waals surface area contributed by atoms with Gasteiger partial charge in [-0.2, -0.15) is 5.26 Å². The lowest BCUT2D eigenvalue weighted by Gasteiger charge is -2.28. The van der Waals surface area contributed by atoms with Gasteiger partial charge in [-0.3, -0.25) is 0 Å². The Morgan fingerprint density at radius 2 is 0.953 bits per heavy atom. The molecule has 0 aliphatic carbocycles. The van der Waals surface area contributed by atoms with Crippen LogP contribution in [-0.2, 0) is 0 Å². The summed E-state index contributed by atoms with van der Waals surface area (Å²) in [6.07, 6.45) is 0. The first kappa shape index (κ1) is 26.1. The number of fused-ring (bicyclic) bond motifs is 2. The minimum Gasteiger partial charge on any atom is -0.345 e. The molecule has 0 amide bonds. The Morgan fingerprint density at radius 3 is 1.51 bits per heavy atom. The Hall–Kier alpha value is -5.85. The van der Waals surface area contributed by atoms with E-state index in [4.69, 9.17) is 0 Å². The maximum atomic E-state index is 9.28. The van der Waals surface area contributed by atoms with Crippen molar-refractivity contribution in [3.8, 4) is 17.2 Å². The highest BCUT2D eigenvalue weighted by Crippen LogP contribution is 2.42. The van der Waals surface area contributed by atoms with Gasteiger partial charge < -0.3 is 9.80 Å². The van der Waals surface area contributed by atoms with E-state index in [0.717, 1.165) is 39.6 Å². The summed E-state index contributed by atoms with van der Waals surface area (Å²) < 4.78 is 0. The van der Waals surface area contributed by atoms with Gasteiger partial charge in [0.15, 0.2) is 0 Å². The summed E-state index contributed by atoms with van der Waals surface area (Å²) in [6.45, 7) is 0. The predicted molar refractivity (Wildman–Crippen MR) is 181 cm³/mol. The largest absolute Gasteiger partial charge is 0.345 e. The molecule has 3 nitrogen and oxygen atoms in total. The summed E-state index contributed by atoms with van der Waals surface area (Å²) in [5, 5.41) is 14.1. The van der Waals surface area contributed by atoms with E-state index in [0.29, 0.717) is 5.56 Å². The van der Waals surface area contributed by atoms with Crippen LogP contribution < -0.4 is 9.80 Å². The van der Waals surface area contributed by atoms with Crippen LogP contribution >= 0.6 is 0 Å². The van der Waals surface area contributed by atoms with Crippen molar-refractivity contribution in [2.75, 3.05) is 16.8 Å². The summed E-state index contributed by atoms with van der Waals surface area (Å²) in [6, 6.07) is 57.5. The standard InChI is InChI=1S/C40H29N3/c1-42(36-14-6-9-29(27-36)28-41)34-23-19-30(20-24-34)31-21-25-35(26-22-31)43(39-17-7-12-32-10-2-4-15-37(32)39)40-18-8-13-33-11-3-5-16-38(33)40/h2-27H,1H3. The first-order chi connectivity index (χ1) is 21.2. The molecular formula is C40H29N3. The average Bonchev–Trinajstić information content (AvgIpc) is 3.09. The van der Waals surface area contributed by atoms with Crippen molar-refractivity contribution in [2.24, 2.45) is 0 Å². The topological polar surface area (TPSA) is 30.3 Å². The van der Waals surface area contributed by atoms with Crippen molar-refractivity contribution in [3.63, 3.8) is 0 Å². The molecule has 0 bridgehead atoms. The molecule has 0 aliphatic heterocycles. The first-order valence-corrected chi connectivity index (χ1v) is 14.4. The van der Waals surface area contributed by atoms with Crippen LogP contribution in [0.2, 0.25) is 0 Å². The van der Waals surface area contributed by atoms with Crippen LogP contribution in [0.5, 0.6) is 0 Å². The number of hydrogen-bond donors (Lipinski definition) is 0. The van der Waals surface area contributed by atoms with Gasteiger partial charge in [0.05, 0.1) is 23.0 Å². The Kier molecular flexibility index (Phi) is 6.79. The molecule has 0 aromatic heterocycles. The molecule has 7 aromatic rings. The van der Waals surface area contributed by atoms with E-state index < -0.39 is 0 Å². The number of rotatable bonds is 6. The summed E-state index contributed by atoms with van der Waals surface area (Å²) >= 11 is 0. The summed E-state index contributed by atoms with van der Waals surface area (Å²) in [5.74, 6) is 0. The fraction of sp³-hybridized carbons (Fsp3) is 0.0250. The van der Waals surface area contributed by atoms with E-state index in [-0.39, 0.29) is 0 Å². The second kappa shape index (κ2) is 11.2. The normalized spacial score (nSPS) is 10.9. The maximum absolute atomic E-state index is 9.28. The van der Waals surface area contributed by atoms with Crippen LogP contribution in [-0.4, -0.2) is 7.05 Å². The Bertz CT molecular complexity index is 2010. The highest BCUT2D eigenvalue weighted by molar-refractivity contribution is 6.04. The molecule has 0 aliphatic rings. The van der Waals surface area contributed by atoms with E-state index in [1.54, 1.807) is 0 Å². The van der Waals surface area contributed by atoms with Gasteiger partial charge in [0.25, 0.3) is 0 Å².